The highest BCUT2D eigenvalue weighted by Gasteiger charge is 2.27. The van der Waals surface area contributed by atoms with E-state index in [1.165, 1.54) is 29.8 Å². The van der Waals surface area contributed by atoms with Gasteiger partial charge in [-0.3, -0.25) is 4.57 Å². The lowest BCUT2D eigenvalue weighted by molar-refractivity contribution is 0.260. The third-order valence-corrected chi connectivity index (χ3v) is 5.04. The SMILES string of the molecule is O=P(O)(O)COC1=c2scnc2=C2CCCCC2C1. The third-order valence-electron chi connectivity index (χ3n) is 3.71. The van der Waals surface area contributed by atoms with Gasteiger partial charge in [0, 0.05) is 6.42 Å². The Hall–Kier alpha value is -0.680. The van der Waals surface area contributed by atoms with Gasteiger partial charge in [0.1, 0.15) is 5.76 Å². The van der Waals surface area contributed by atoms with Crippen molar-refractivity contribution in [1.82, 2.24) is 4.98 Å². The highest BCUT2D eigenvalue weighted by atomic mass is 32.1. The molecule has 1 fully saturated rings. The Kier molecular flexibility index (Phi) is 3.52. The van der Waals surface area contributed by atoms with Crippen LogP contribution in [0, 0.1) is 5.92 Å². The minimum absolute atomic E-state index is 0.440. The van der Waals surface area contributed by atoms with Crippen LogP contribution in [0.4, 0.5) is 0 Å². The molecule has 2 N–H and O–H groups in total. The van der Waals surface area contributed by atoms with Crippen LogP contribution in [0.15, 0.2) is 5.51 Å². The number of ether oxygens (including phenoxy) is 1. The second-order valence-corrected chi connectivity index (χ2v) is 7.51. The summed E-state index contributed by atoms with van der Waals surface area (Å²) in [7, 11) is -4.13. The van der Waals surface area contributed by atoms with Crippen molar-refractivity contribution in [3.05, 3.63) is 15.4 Å². The van der Waals surface area contributed by atoms with Gasteiger partial charge < -0.3 is 14.5 Å². The summed E-state index contributed by atoms with van der Waals surface area (Å²) in [4.78, 5) is 22.3. The molecule has 0 aromatic carbocycles. The van der Waals surface area contributed by atoms with Crippen LogP contribution in [0.2, 0.25) is 0 Å². The van der Waals surface area contributed by atoms with Gasteiger partial charge in [0.15, 0.2) is 6.35 Å². The molecule has 1 unspecified atom stereocenters. The summed E-state index contributed by atoms with van der Waals surface area (Å²) in [6, 6.07) is 0. The average Bonchev–Trinajstić information content (AvgIpc) is 2.84. The summed E-state index contributed by atoms with van der Waals surface area (Å²) in [5.74, 6) is 1.14. The van der Waals surface area contributed by atoms with Gasteiger partial charge in [-0.05, 0) is 30.8 Å². The molecule has 1 atom stereocenters. The van der Waals surface area contributed by atoms with E-state index in [0.29, 0.717) is 11.7 Å². The van der Waals surface area contributed by atoms with Crippen molar-refractivity contribution < 1.29 is 19.1 Å². The minimum Gasteiger partial charge on any atom is -0.484 e. The van der Waals surface area contributed by atoms with E-state index >= 15 is 0 Å². The van der Waals surface area contributed by atoms with E-state index in [9.17, 15) is 4.57 Å². The number of thiazole rings is 1. The number of fused-ring (bicyclic) bond motifs is 2. The molecule has 19 heavy (non-hydrogen) atoms. The first kappa shape index (κ1) is 13.3. The normalized spacial score (nSPS) is 22.9. The summed E-state index contributed by atoms with van der Waals surface area (Å²) >= 11 is 1.49. The average molecular weight is 301 g/mol. The monoisotopic (exact) mass is 301 g/mol. The van der Waals surface area contributed by atoms with Crippen LogP contribution in [0.1, 0.15) is 32.1 Å². The van der Waals surface area contributed by atoms with Crippen LogP contribution in [-0.2, 0) is 9.30 Å². The van der Waals surface area contributed by atoms with Gasteiger partial charge in [0.2, 0.25) is 0 Å². The van der Waals surface area contributed by atoms with Crippen molar-refractivity contribution in [1.29, 1.82) is 0 Å². The molecule has 0 saturated heterocycles. The van der Waals surface area contributed by atoms with E-state index in [1.807, 2.05) is 0 Å². The number of rotatable bonds is 3. The van der Waals surface area contributed by atoms with Gasteiger partial charge in [-0.2, -0.15) is 0 Å². The van der Waals surface area contributed by atoms with E-state index in [1.54, 1.807) is 5.51 Å². The molecule has 2 aliphatic rings. The van der Waals surface area contributed by atoms with E-state index < -0.39 is 13.9 Å². The fourth-order valence-electron chi connectivity index (χ4n) is 2.90. The summed E-state index contributed by atoms with van der Waals surface area (Å²) in [5, 5.41) is 1.00. The smallest absolute Gasteiger partial charge is 0.362 e. The molecular formula is C12H16NO4PS. The molecule has 0 amide bonds. The lowest BCUT2D eigenvalue weighted by Crippen LogP contribution is -2.35. The summed E-state index contributed by atoms with van der Waals surface area (Å²) in [6.07, 6.45) is 4.84. The maximum absolute atomic E-state index is 10.9. The van der Waals surface area contributed by atoms with Crippen LogP contribution in [-0.4, -0.2) is 21.1 Å². The molecule has 1 aromatic heterocycles. The molecule has 1 aromatic rings. The largest absolute Gasteiger partial charge is 0.484 e. The van der Waals surface area contributed by atoms with Crippen molar-refractivity contribution >= 4 is 30.3 Å². The van der Waals surface area contributed by atoms with E-state index in [2.05, 4.69) is 4.98 Å². The van der Waals surface area contributed by atoms with Gasteiger partial charge in [-0.25, -0.2) is 4.98 Å². The molecule has 7 heteroatoms. The zero-order valence-corrected chi connectivity index (χ0v) is 12.1. The maximum Gasteiger partial charge on any atom is 0.362 e. The molecule has 3 rings (SSSR count). The molecule has 1 saturated carbocycles. The molecule has 0 spiro atoms. The Morgan fingerprint density at radius 3 is 3.11 bits per heavy atom. The summed E-state index contributed by atoms with van der Waals surface area (Å²) < 4.78 is 17.3. The van der Waals surface area contributed by atoms with Gasteiger partial charge in [-0.15, -0.1) is 11.3 Å². The predicted molar refractivity (Wildman–Crippen MR) is 72.8 cm³/mol. The maximum atomic E-state index is 10.9. The molecule has 0 bridgehead atoms. The molecule has 0 radical (unpaired) electrons. The number of nitrogens with zero attached hydrogens (tertiary/aromatic N) is 1. The van der Waals surface area contributed by atoms with Crippen molar-refractivity contribution in [2.24, 2.45) is 5.92 Å². The topological polar surface area (TPSA) is 79.7 Å². The lowest BCUT2D eigenvalue weighted by Gasteiger charge is -2.28. The zero-order chi connectivity index (χ0) is 13.5. The summed E-state index contributed by atoms with van der Waals surface area (Å²) in [5.41, 5.74) is 3.20. The lowest BCUT2D eigenvalue weighted by atomic mass is 9.80. The molecule has 2 aliphatic carbocycles. The number of aromatic nitrogens is 1. The fourth-order valence-corrected chi connectivity index (χ4v) is 4.05. The van der Waals surface area contributed by atoms with Crippen LogP contribution >= 0.6 is 18.9 Å². The van der Waals surface area contributed by atoms with Crippen molar-refractivity contribution in [3.8, 4) is 0 Å². The van der Waals surface area contributed by atoms with Crippen molar-refractivity contribution in [2.75, 3.05) is 6.35 Å². The van der Waals surface area contributed by atoms with Crippen LogP contribution in [0.3, 0.4) is 0 Å². The minimum atomic E-state index is -4.13. The van der Waals surface area contributed by atoms with Gasteiger partial charge in [0.25, 0.3) is 0 Å². The van der Waals surface area contributed by atoms with Gasteiger partial charge in [-0.1, -0.05) is 6.42 Å². The molecule has 1 heterocycles. The van der Waals surface area contributed by atoms with Crippen molar-refractivity contribution in [2.45, 2.75) is 32.1 Å². The molecule has 5 nitrogen and oxygen atoms in total. The molecule has 104 valence electrons. The number of hydrogen-bond donors (Lipinski definition) is 2. The third kappa shape index (κ3) is 2.77. The zero-order valence-electron chi connectivity index (χ0n) is 10.4. The standard InChI is InChI=1S/C12H16NO4PS/c14-18(15,16)7-17-10-5-8-3-1-2-4-9(8)11-12(10)19-6-13-11/h6,8H,1-5,7H2,(H2,14,15,16). The quantitative estimate of drug-likeness (QED) is 0.819. The Balaban J connectivity index is 2.01. The first-order chi connectivity index (χ1) is 9.04. The first-order valence-electron chi connectivity index (χ1n) is 6.38. The van der Waals surface area contributed by atoms with E-state index in [-0.39, 0.29) is 0 Å². The van der Waals surface area contributed by atoms with E-state index in [0.717, 1.165) is 29.1 Å². The Morgan fingerprint density at radius 2 is 2.32 bits per heavy atom. The molecular weight excluding hydrogens is 285 g/mol. The van der Waals surface area contributed by atoms with Gasteiger partial charge >= 0.3 is 7.60 Å². The highest BCUT2D eigenvalue weighted by molar-refractivity contribution is 7.51. The number of hydrogen-bond acceptors (Lipinski definition) is 4. The summed E-state index contributed by atoms with van der Waals surface area (Å²) in [6.45, 7) is 0. The highest BCUT2D eigenvalue weighted by Crippen LogP contribution is 2.39. The van der Waals surface area contributed by atoms with Crippen molar-refractivity contribution in [3.63, 3.8) is 0 Å². The van der Waals surface area contributed by atoms with Crippen LogP contribution < -0.4 is 9.88 Å². The Labute approximate surface area is 114 Å². The van der Waals surface area contributed by atoms with Gasteiger partial charge in [0.05, 0.1) is 15.4 Å². The molecule has 0 aliphatic heterocycles. The fraction of sp³-hybridized carbons (Fsp3) is 0.583. The Morgan fingerprint density at radius 1 is 1.47 bits per heavy atom. The first-order valence-corrected chi connectivity index (χ1v) is 9.05. The predicted octanol–water partition coefficient (Wildman–Crippen LogP) is 1.15. The van der Waals surface area contributed by atoms with Crippen LogP contribution in [0.5, 0.6) is 0 Å². The second-order valence-electron chi connectivity index (χ2n) is 5.06. The Bertz CT molecular complexity index is 647. The second kappa shape index (κ2) is 5.02. The van der Waals surface area contributed by atoms with Crippen LogP contribution in [0.25, 0.3) is 11.3 Å². The van der Waals surface area contributed by atoms with E-state index in [4.69, 9.17) is 14.5 Å².